The average molecular weight is 446 g/mol. The zero-order chi connectivity index (χ0) is 21.8. The third kappa shape index (κ3) is 3.40. The highest BCUT2D eigenvalue weighted by molar-refractivity contribution is 8.00. The lowest BCUT2D eigenvalue weighted by atomic mass is 10.1. The van der Waals surface area contributed by atoms with E-state index in [0.29, 0.717) is 24.5 Å². The summed E-state index contributed by atoms with van der Waals surface area (Å²) in [6, 6.07) is 14.3. The third-order valence-electron chi connectivity index (χ3n) is 7.05. The first-order valence-corrected chi connectivity index (χ1v) is 12.2. The summed E-state index contributed by atoms with van der Waals surface area (Å²) in [5.74, 6) is 0.531. The molecule has 2 aromatic rings. The van der Waals surface area contributed by atoms with E-state index in [-0.39, 0.29) is 5.91 Å². The molecule has 164 valence electrons. The van der Waals surface area contributed by atoms with E-state index in [4.69, 9.17) is 4.99 Å². The molecular weight excluding hydrogens is 418 g/mol. The molecule has 0 unspecified atom stereocenters. The van der Waals surface area contributed by atoms with E-state index in [9.17, 15) is 4.79 Å². The number of fused-ring (bicyclic) bond motifs is 3. The van der Waals surface area contributed by atoms with Crippen LogP contribution in [0, 0.1) is 6.92 Å². The fraction of sp³-hybridized carbons (Fsp3) is 0.360. The van der Waals surface area contributed by atoms with Crippen LogP contribution in [0.4, 0.5) is 17.1 Å². The summed E-state index contributed by atoms with van der Waals surface area (Å²) in [5, 5.41) is 2.93. The number of aryl methyl sites for hydroxylation is 1. The molecular formula is C25H27N5OS. The summed E-state index contributed by atoms with van der Waals surface area (Å²) in [6.07, 6.45) is 5.49. The fourth-order valence-corrected chi connectivity index (χ4v) is 6.15. The number of aliphatic imine (C=N–C) groups is 1. The molecule has 4 aliphatic heterocycles. The van der Waals surface area contributed by atoms with Gasteiger partial charge in [-0.1, -0.05) is 6.07 Å². The number of carbonyl (C=O) groups is 1. The number of allylic oxidation sites excluding steroid dienone is 1. The molecule has 2 fully saturated rings. The van der Waals surface area contributed by atoms with Crippen LogP contribution >= 0.6 is 11.8 Å². The molecule has 1 N–H and O–H groups in total. The molecule has 0 aliphatic carbocycles. The quantitative estimate of drug-likeness (QED) is 0.781. The van der Waals surface area contributed by atoms with Crippen LogP contribution in [0.25, 0.3) is 0 Å². The number of likely N-dealkylation sites (tertiary alicyclic amines) is 1. The van der Waals surface area contributed by atoms with Crippen molar-refractivity contribution in [2.75, 3.05) is 47.7 Å². The van der Waals surface area contributed by atoms with E-state index >= 15 is 0 Å². The molecule has 1 amide bonds. The van der Waals surface area contributed by atoms with E-state index in [0.717, 1.165) is 28.4 Å². The van der Waals surface area contributed by atoms with E-state index in [1.165, 1.54) is 29.9 Å². The van der Waals surface area contributed by atoms with Crippen molar-refractivity contribution in [1.29, 1.82) is 0 Å². The Kier molecular flexibility index (Phi) is 4.77. The normalized spacial score (nSPS) is 24.6. The van der Waals surface area contributed by atoms with Gasteiger partial charge in [-0.2, -0.15) is 0 Å². The Balaban J connectivity index is 1.17. The number of nitrogens with one attached hydrogen (secondary N) is 1. The zero-order valence-corrected chi connectivity index (χ0v) is 19.2. The maximum absolute atomic E-state index is 11.6. The Labute approximate surface area is 193 Å². The predicted molar refractivity (Wildman–Crippen MR) is 132 cm³/mol. The van der Waals surface area contributed by atoms with Crippen molar-refractivity contribution in [3.8, 4) is 0 Å². The lowest BCUT2D eigenvalue weighted by Crippen LogP contribution is -2.44. The van der Waals surface area contributed by atoms with Crippen LogP contribution in [0.1, 0.15) is 17.5 Å². The highest BCUT2D eigenvalue weighted by Crippen LogP contribution is 2.37. The molecule has 2 bridgehead atoms. The standard InChI is InChI=1S/C25H27N5OS/c1-16-9-18(4-6-23(16)30-13-19-11-20(30)12-28(19)2)29-8-7-21(26-15-29)17-3-5-22-24(10-17)32-14-25(31)27-22/h3-10,19-20H,11-15H2,1-2H3,(H,27,31)/t19-,20-/m0/s1. The molecule has 2 saturated heterocycles. The highest BCUT2D eigenvalue weighted by atomic mass is 32.2. The minimum absolute atomic E-state index is 0.0617. The van der Waals surface area contributed by atoms with Gasteiger partial charge >= 0.3 is 0 Å². The van der Waals surface area contributed by atoms with Gasteiger partial charge in [-0.25, -0.2) is 0 Å². The van der Waals surface area contributed by atoms with Crippen LogP contribution in [-0.4, -0.2) is 61.2 Å². The first-order valence-electron chi connectivity index (χ1n) is 11.2. The predicted octanol–water partition coefficient (Wildman–Crippen LogP) is 3.71. The highest BCUT2D eigenvalue weighted by Gasteiger charge is 2.41. The Morgan fingerprint density at radius 2 is 2.03 bits per heavy atom. The second-order valence-electron chi connectivity index (χ2n) is 9.12. The van der Waals surface area contributed by atoms with Gasteiger partial charge in [0.1, 0.15) is 6.67 Å². The second kappa shape index (κ2) is 7.67. The number of thioether (sulfide) groups is 1. The van der Waals surface area contributed by atoms with Crippen molar-refractivity contribution in [3.63, 3.8) is 0 Å². The van der Waals surface area contributed by atoms with Crippen molar-refractivity contribution < 1.29 is 4.79 Å². The van der Waals surface area contributed by atoms with Gasteiger partial charge < -0.3 is 15.1 Å². The minimum atomic E-state index is 0.0617. The molecule has 6 rings (SSSR count). The van der Waals surface area contributed by atoms with Crippen LogP contribution < -0.4 is 15.1 Å². The summed E-state index contributed by atoms with van der Waals surface area (Å²) in [7, 11) is 2.25. The van der Waals surface area contributed by atoms with E-state index < -0.39 is 0 Å². The number of hydrogen-bond acceptors (Lipinski definition) is 6. The van der Waals surface area contributed by atoms with Gasteiger partial charge in [0.25, 0.3) is 0 Å². The van der Waals surface area contributed by atoms with Crippen LogP contribution in [0.2, 0.25) is 0 Å². The first-order chi connectivity index (χ1) is 15.5. The van der Waals surface area contributed by atoms with Crippen LogP contribution in [0.3, 0.4) is 0 Å². The maximum Gasteiger partial charge on any atom is 0.234 e. The van der Waals surface area contributed by atoms with Gasteiger partial charge in [-0.15, -0.1) is 11.8 Å². The van der Waals surface area contributed by atoms with Crippen LogP contribution in [0.5, 0.6) is 0 Å². The number of amides is 1. The number of hydrogen-bond donors (Lipinski definition) is 1. The molecule has 32 heavy (non-hydrogen) atoms. The largest absolute Gasteiger partial charge is 0.365 e. The monoisotopic (exact) mass is 445 g/mol. The molecule has 0 saturated carbocycles. The van der Waals surface area contributed by atoms with E-state index in [2.05, 4.69) is 70.5 Å². The molecule has 7 heteroatoms. The topological polar surface area (TPSA) is 51.2 Å². The Morgan fingerprint density at radius 3 is 2.75 bits per heavy atom. The van der Waals surface area contributed by atoms with Crippen molar-refractivity contribution >= 4 is 40.4 Å². The second-order valence-corrected chi connectivity index (χ2v) is 10.1. The van der Waals surface area contributed by atoms with Gasteiger partial charge in [0.05, 0.1) is 17.2 Å². The molecule has 0 aromatic heterocycles. The molecule has 0 spiro atoms. The number of benzene rings is 2. The van der Waals surface area contributed by atoms with Gasteiger partial charge in [0.2, 0.25) is 5.91 Å². The summed E-state index contributed by atoms with van der Waals surface area (Å²) in [4.78, 5) is 24.8. The number of likely N-dealkylation sites (N-methyl/N-ethyl adjacent to an activating group) is 1. The maximum atomic E-state index is 11.6. The number of rotatable bonds is 3. The number of carbonyl (C=O) groups excluding carboxylic acids is 1. The zero-order valence-electron chi connectivity index (χ0n) is 18.4. The molecule has 4 heterocycles. The summed E-state index contributed by atoms with van der Waals surface area (Å²) in [6.45, 7) is 5.14. The van der Waals surface area contributed by atoms with Crippen molar-refractivity contribution in [1.82, 2.24) is 4.90 Å². The van der Waals surface area contributed by atoms with Gasteiger partial charge in [-0.05, 0) is 62.4 Å². The van der Waals surface area contributed by atoms with Crippen molar-refractivity contribution in [2.45, 2.75) is 30.3 Å². The lowest BCUT2D eigenvalue weighted by molar-refractivity contribution is -0.113. The van der Waals surface area contributed by atoms with Crippen molar-refractivity contribution in [2.24, 2.45) is 4.99 Å². The molecule has 6 nitrogen and oxygen atoms in total. The van der Waals surface area contributed by atoms with E-state index in [1.807, 2.05) is 12.1 Å². The third-order valence-corrected chi connectivity index (χ3v) is 8.11. The average Bonchev–Trinajstić information content (AvgIpc) is 3.38. The van der Waals surface area contributed by atoms with Crippen molar-refractivity contribution in [3.05, 3.63) is 59.8 Å². The van der Waals surface area contributed by atoms with Gasteiger partial charge in [-0.3, -0.25) is 14.7 Å². The SMILES string of the molecule is Cc1cc(N2C=CC(c3ccc4c(c3)SCC(=O)N4)=NC2)ccc1N1C[C@@H]2C[C@H]1CN2C. The summed E-state index contributed by atoms with van der Waals surface area (Å²) < 4.78 is 0. The first kappa shape index (κ1) is 19.9. The Hall–Kier alpha value is -2.77. The number of piperazine rings is 1. The Bertz CT molecular complexity index is 1160. The molecule has 2 atom stereocenters. The molecule has 4 aliphatic rings. The molecule has 0 radical (unpaired) electrons. The Morgan fingerprint density at radius 1 is 1.12 bits per heavy atom. The van der Waals surface area contributed by atoms with Gasteiger partial charge in [0.15, 0.2) is 0 Å². The minimum Gasteiger partial charge on any atom is -0.365 e. The fourth-order valence-electron chi connectivity index (χ4n) is 5.30. The molecule has 2 aromatic carbocycles. The van der Waals surface area contributed by atoms with Crippen LogP contribution in [0.15, 0.2) is 58.6 Å². The van der Waals surface area contributed by atoms with Gasteiger partial charge in [0, 0.05) is 53.2 Å². The smallest absolute Gasteiger partial charge is 0.234 e. The van der Waals surface area contributed by atoms with E-state index in [1.54, 1.807) is 11.8 Å². The summed E-state index contributed by atoms with van der Waals surface area (Å²) >= 11 is 1.58. The number of nitrogens with zero attached hydrogens (tertiary/aromatic N) is 4. The number of anilines is 3. The lowest BCUT2D eigenvalue weighted by Gasteiger charge is -2.35. The van der Waals surface area contributed by atoms with Crippen LogP contribution in [-0.2, 0) is 4.79 Å². The summed E-state index contributed by atoms with van der Waals surface area (Å²) in [5.41, 5.74) is 6.84.